The first-order chi connectivity index (χ1) is 8.83. The number of hydrogen-bond acceptors (Lipinski definition) is 5. The maximum atomic E-state index is 5.90. The van der Waals surface area contributed by atoms with Crippen LogP contribution in [0.15, 0.2) is 11.5 Å². The highest BCUT2D eigenvalue weighted by molar-refractivity contribution is 7.99. The Morgan fingerprint density at radius 2 is 1.94 bits per heavy atom. The number of nitrogens with two attached hydrogens (primary N) is 1. The van der Waals surface area contributed by atoms with Crippen LogP contribution in [0.1, 0.15) is 38.5 Å². The summed E-state index contributed by atoms with van der Waals surface area (Å²) in [6.45, 7) is 0. The molecule has 0 radical (unpaired) electrons. The highest BCUT2D eigenvalue weighted by Crippen LogP contribution is 2.32. The highest BCUT2D eigenvalue weighted by atomic mass is 32.2. The summed E-state index contributed by atoms with van der Waals surface area (Å²) < 4.78 is 0. The van der Waals surface area contributed by atoms with Crippen LogP contribution in [0.4, 0.5) is 5.82 Å². The maximum absolute atomic E-state index is 5.90. The Morgan fingerprint density at radius 3 is 2.72 bits per heavy atom. The summed E-state index contributed by atoms with van der Waals surface area (Å²) >= 11 is 1.75. The van der Waals surface area contributed by atoms with Crippen LogP contribution in [0.2, 0.25) is 0 Å². The maximum Gasteiger partial charge on any atom is 0.191 e. The van der Waals surface area contributed by atoms with Gasteiger partial charge in [-0.15, -0.1) is 0 Å². The van der Waals surface area contributed by atoms with Gasteiger partial charge in [-0.25, -0.2) is 15.0 Å². The van der Waals surface area contributed by atoms with Crippen LogP contribution in [-0.4, -0.2) is 25.2 Å². The van der Waals surface area contributed by atoms with Crippen LogP contribution in [0.5, 0.6) is 0 Å². The second-order valence-corrected chi connectivity index (χ2v) is 5.99. The zero-order valence-electron chi connectivity index (χ0n) is 10.2. The van der Waals surface area contributed by atoms with Crippen LogP contribution in [0, 0.1) is 0 Å². The molecule has 1 aliphatic rings. The molecule has 2 heterocycles. The summed E-state index contributed by atoms with van der Waals surface area (Å²) in [4.78, 5) is 15.9. The van der Waals surface area contributed by atoms with E-state index in [1.165, 1.54) is 38.5 Å². The van der Waals surface area contributed by atoms with Gasteiger partial charge in [0.25, 0.3) is 0 Å². The second-order valence-electron chi connectivity index (χ2n) is 4.72. The first-order valence-electron chi connectivity index (χ1n) is 6.46. The van der Waals surface area contributed by atoms with Gasteiger partial charge in [-0.2, -0.15) is 0 Å². The number of imidazole rings is 1. The zero-order chi connectivity index (χ0) is 12.4. The molecule has 3 rings (SSSR count). The largest absolute Gasteiger partial charge is 0.382 e. The van der Waals surface area contributed by atoms with Crippen LogP contribution >= 0.6 is 11.8 Å². The molecule has 0 bridgehead atoms. The van der Waals surface area contributed by atoms with Gasteiger partial charge in [0.2, 0.25) is 0 Å². The molecule has 3 N–H and O–H groups in total. The van der Waals surface area contributed by atoms with Crippen molar-refractivity contribution in [2.75, 3.05) is 5.73 Å². The summed E-state index contributed by atoms with van der Waals surface area (Å²) in [5.74, 6) is 0.494. The number of nitrogens with one attached hydrogen (secondary N) is 1. The van der Waals surface area contributed by atoms with Crippen LogP contribution in [0.3, 0.4) is 0 Å². The average Bonchev–Trinajstić information content (AvgIpc) is 2.68. The molecule has 2 aromatic rings. The van der Waals surface area contributed by atoms with Gasteiger partial charge in [-0.05, 0) is 12.8 Å². The third kappa shape index (κ3) is 2.43. The molecule has 0 spiro atoms. The highest BCUT2D eigenvalue weighted by Gasteiger charge is 2.16. The topological polar surface area (TPSA) is 80.5 Å². The molecule has 18 heavy (non-hydrogen) atoms. The van der Waals surface area contributed by atoms with E-state index < -0.39 is 0 Å². The van der Waals surface area contributed by atoms with Crippen molar-refractivity contribution in [3.63, 3.8) is 0 Å². The SMILES string of the molecule is Nc1nc(SC2CCCCCC2)nc2nc[nH]c12. The molecule has 1 aliphatic carbocycles. The molecule has 1 fully saturated rings. The van der Waals surface area contributed by atoms with Crippen molar-refractivity contribution in [2.24, 2.45) is 0 Å². The Kier molecular flexibility index (Phi) is 3.36. The van der Waals surface area contributed by atoms with Gasteiger partial charge in [0, 0.05) is 5.25 Å². The fourth-order valence-corrected chi connectivity index (χ4v) is 3.55. The Balaban J connectivity index is 1.80. The van der Waals surface area contributed by atoms with Gasteiger partial charge in [0.05, 0.1) is 6.33 Å². The number of aromatic nitrogens is 4. The molecule has 96 valence electrons. The molecule has 0 unspecified atom stereocenters. The van der Waals surface area contributed by atoms with E-state index >= 15 is 0 Å². The average molecular weight is 263 g/mol. The number of nitrogen functional groups attached to an aromatic ring is 1. The Morgan fingerprint density at radius 1 is 1.17 bits per heavy atom. The molecule has 0 aromatic carbocycles. The standard InChI is InChI=1S/C12H17N5S/c13-10-9-11(15-7-14-9)17-12(16-10)18-8-5-3-1-2-4-6-8/h7-8H,1-6H2,(H3,13,14,15,16,17). The van der Waals surface area contributed by atoms with E-state index in [1.54, 1.807) is 18.1 Å². The van der Waals surface area contributed by atoms with Crippen molar-refractivity contribution < 1.29 is 0 Å². The van der Waals surface area contributed by atoms with Crippen molar-refractivity contribution in [3.05, 3.63) is 6.33 Å². The number of thioether (sulfide) groups is 1. The minimum absolute atomic E-state index is 0.494. The monoisotopic (exact) mass is 263 g/mol. The molecule has 0 saturated heterocycles. The smallest absolute Gasteiger partial charge is 0.191 e. The summed E-state index contributed by atoms with van der Waals surface area (Å²) in [5.41, 5.74) is 7.30. The van der Waals surface area contributed by atoms with E-state index in [9.17, 15) is 0 Å². The van der Waals surface area contributed by atoms with E-state index in [4.69, 9.17) is 5.73 Å². The lowest BCUT2D eigenvalue weighted by Crippen LogP contribution is -2.03. The van der Waals surface area contributed by atoms with E-state index in [1.807, 2.05) is 0 Å². The Hall–Kier alpha value is -1.30. The fraction of sp³-hybridized carbons (Fsp3) is 0.583. The lowest BCUT2D eigenvalue weighted by molar-refractivity contribution is 0.702. The number of anilines is 1. The minimum Gasteiger partial charge on any atom is -0.382 e. The fourth-order valence-electron chi connectivity index (χ4n) is 2.40. The van der Waals surface area contributed by atoms with Gasteiger partial charge in [-0.3, -0.25) is 0 Å². The Bertz CT molecular complexity index is 530. The predicted octanol–water partition coefficient (Wildman–Crippen LogP) is 2.75. The lowest BCUT2D eigenvalue weighted by Gasteiger charge is -2.12. The van der Waals surface area contributed by atoms with Gasteiger partial charge >= 0.3 is 0 Å². The van der Waals surface area contributed by atoms with Crippen molar-refractivity contribution >= 4 is 28.7 Å². The lowest BCUT2D eigenvalue weighted by atomic mass is 10.2. The van der Waals surface area contributed by atoms with Gasteiger partial charge in [-0.1, -0.05) is 37.4 Å². The first kappa shape index (κ1) is 11.8. The Labute approximate surface area is 110 Å². The number of hydrogen-bond donors (Lipinski definition) is 2. The van der Waals surface area contributed by atoms with E-state index in [0.29, 0.717) is 16.7 Å². The summed E-state index contributed by atoms with van der Waals surface area (Å²) in [5, 5.41) is 1.39. The molecule has 0 aliphatic heterocycles. The van der Waals surface area contributed by atoms with Crippen molar-refractivity contribution in [1.82, 2.24) is 19.9 Å². The third-order valence-corrected chi connectivity index (χ3v) is 4.57. The molecule has 6 heteroatoms. The first-order valence-corrected chi connectivity index (χ1v) is 7.34. The quantitative estimate of drug-likeness (QED) is 0.643. The van der Waals surface area contributed by atoms with Crippen molar-refractivity contribution in [1.29, 1.82) is 0 Å². The minimum atomic E-state index is 0.494. The molecular weight excluding hydrogens is 246 g/mol. The summed E-state index contributed by atoms with van der Waals surface area (Å²) in [6.07, 6.45) is 9.47. The van der Waals surface area contributed by atoms with Crippen LogP contribution in [-0.2, 0) is 0 Å². The molecule has 0 amide bonds. The van der Waals surface area contributed by atoms with Crippen molar-refractivity contribution in [2.45, 2.75) is 48.9 Å². The predicted molar refractivity (Wildman–Crippen MR) is 73.4 cm³/mol. The number of nitrogens with zero attached hydrogens (tertiary/aromatic N) is 3. The zero-order valence-corrected chi connectivity index (χ0v) is 11.0. The van der Waals surface area contributed by atoms with Crippen LogP contribution in [0.25, 0.3) is 11.2 Å². The second kappa shape index (κ2) is 5.14. The van der Waals surface area contributed by atoms with Gasteiger partial charge in [0.15, 0.2) is 16.6 Å². The summed E-state index contributed by atoms with van der Waals surface area (Å²) in [7, 11) is 0. The number of aromatic amines is 1. The molecule has 1 saturated carbocycles. The number of H-pyrrole nitrogens is 1. The van der Waals surface area contributed by atoms with E-state index in [0.717, 1.165) is 10.7 Å². The van der Waals surface area contributed by atoms with Crippen LogP contribution < -0.4 is 5.73 Å². The summed E-state index contributed by atoms with van der Waals surface area (Å²) in [6, 6.07) is 0. The number of fused-ring (bicyclic) bond motifs is 1. The molecule has 0 atom stereocenters. The molecule has 2 aromatic heterocycles. The van der Waals surface area contributed by atoms with Crippen molar-refractivity contribution in [3.8, 4) is 0 Å². The van der Waals surface area contributed by atoms with Gasteiger partial charge < -0.3 is 10.7 Å². The van der Waals surface area contributed by atoms with E-state index in [-0.39, 0.29) is 0 Å². The molecular formula is C12H17N5S. The molecule has 5 nitrogen and oxygen atoms in total. The third-order valence-electron chi connectivity index (χ3n) is 3.37. The van der Waals surface area contributed by atoms with Gasteiger partial charge in [0.1, 0.15) is 5.52 Å². The number of rotatable bonds is 2. The van der Waals surface area contributed by atoms with E-state index in [2.05, 4.69) is 19.9 Å². The normalized spacial score (nSPS) is 18.0.